The Balaban J connectivity index is 1.98. The average molecular weight is 274 g/mol. The summed E-state index contributed by atoms with van der Waals surface area (Å²) in [6.07, 6.45) is 0. The van der Waals surface area contributed by atoms with Crippen LogP contribution in [0.15, 0.2) is 48.5 Å². The minimum Gasteiger partial charge on any atom is -0.484 e. The van der Waals surface area contributed by atoms with Crippen molar-refractivity contribution < 1.29 is 13.9 Å². The van der Waals surface area contributed by atoms with E-state index in [0.29, 0.717) is 11.4 Å². The number of carbonyl (C=O) groups excluding carboxylic acids is 1. The fraction of sp³-hybridized carbons (Fsp3) is 0.133. The van der Waals surface area contributed by atoms with Crippen molar-refractivity contribution in [3.8, 4) is 5.75 Å². The van der Waals surface area contributed by atoms with E-state index in [1.165, 1.54) is 24.1 Å². The number of halogens is 1. The zero-order chi connectivity index (χ0) is 14.5. The highest BCUT2D eigenvalue weighted by Gasteiger charge is 2.14. The van der Waals surface area contributed by atoms with Crippen LogP contribution in [0, 0.1) is 5.82 Å². The fourth-order valence-electron chi connectivity index (χ4n) is 1.66. The van der Waals surface area contributed by atoms with Gasteiger partial charge in [0.05, 0.1) is 5.69 Å². The van der Waals surface area contributed by atoms with E-state index in [-0.39, 0.29) is 18.2 Å². The maximum absolute atomic E-state index is 13.6. The van der Waals surface area contributed by atoms with Crippen molar-refractivity contribution in [3.63, 3.8) is 0 Å². The molecule has 0 aliphatic rings. The molecule has 0 unspecified atom stereocenters. The Bertz CT molecular complexity index is 599. The van der Waals surface area contributed by atoms with E-state index < -0.39 is 5.82 Å². The lowest BCUT2D eigenvalue weighted by molar-refractivity contribution is -0.120. The van der Waals surface area contributed by atoms with Gasteiger partial charge in [-0.3, -0.25) is 4.79 Å². The minimum absolute atomic E-state index is 0.172. The van der Waals surface area contributed by atoms with Gasteiger partial charge in [-0.1, -0.05) is 12.1 Å². The molecule has 5 heteroatoms. The summed E-state index contributed by atoms with van der Waals surface area (Å²) in [5.41, 5.74) is 6.39. The van der Waals surface area contributed by atoms with Crippen molar-refractivity contribution in [1.29, 1.82) is 0 Å². The normalized spacial score (nSPS) is 10.1. The Morgan fingerprint density at radius 2 is 1.85 bits per heavy atom. The molecule has 0 radical (unpaired) electrons. The second kappa shape index (κ2) is 6.06. The number of hydrogen-bond donors (Lipinski definition) is 1. The molecule has 0 atom stereocenters. The van der Waals surface area contributed by atoms with Gasteiger partial charge in [0, 0.05) is 12.7 Å². The molecule has 1 amide bonds. The van der Waals surface area contributed by atoms with Gasteiger partial charge in [-0.25, -0.2) is 4.39 Å². The predicted molar refractivity (Wildman–Crippen MR) is 76.2 cm³/mol. The third-order valence-corrected chi connectivity index (χ3v) is 2.83. The molecule has 0 aromatic heterocycles. The maximum Gasteiger partial charge on any atom is 0.264 e. The lowest BCUT2D eigenvalue weighted by Crippen LogP contribution is -2.31. The number of ether oxygens (including phenoxy) is 1. The lowest BCUT2D eigenvalue weighted by atomic mass is 10.3. The predicted octanol–water partition coefficient (Wildman–Crippen LogP) is 2.45. The molecule has 104 valence electrons. The summed E-state index contributed by atoms with van der Waals surface area (Å²) in [6.45, 7) is -0.172. The van der Waals surface area contributed by atoms with Crippen molar-refractivity contribution in [2.24, 2.45) is 0 Å². The molecule has 0 spiro atoms. The van der Waals surface area contributed by atoms with Crippen molar-refractivity contribution >= 4 is 17.3 Å². The number of anilines is 2. The number of nitrogens with zero attached hydrogens (tertiary/aromatic N) is 1. The summed E-state index contributed by atoms with van der Waals surface area (Å²) in [7, 11) is 1.51. The van der Waals surface area contributed by atoms with Crippen LogP contribution in [0.4, 0.5) is 15.8 Å². The van der Waals surface area contributed by atoms with Crippen LogP contribution in [0.25, 0.3) is 0 Å². The van der Waals surface area contributed by atoms with E-state index in [4.69, 9.17) is 10.5 Å². The molecule has 0 aliphatic carbocycles. The number of nitrogens with two attached hydrogens (primary N) is 1. The topological polar surface area (TPSA) is 55.6 Å². The average Bonchev–Trinajstić information content (AvgIpc) is 2.46. The maximum atomic E-state index is 13.6. The minimum atomic E-state index is -0.448. The van der Waals surface area contributed by atoms with E-state index in [2.05, 4.69) is 0 Å². The molecule has 0 heterocycles. The van der Waals surface area contributed by atoms with Crippen LogP contribution in [-0.2, 0) is 4.79 Å². The molecule has 2 aromatic carbocycles. The van der Waals surface area contributed by atoms with Gasteiger partial charge in [0.1, 0.15) is 11.6 Å². The van der Waals surface area contributed by atoms with Crippen LogP contribution >= 0.6 is 0 Å². The molecule has 4 nitrogen and oxygen atoms in total. The number of carbonyl (C=O) groups is 1. The zero-order valence-corrected chi connectivity index (χ0v) is 11.0. The number of amides is 1. The third-order valence-electron chi connectivity index (χ3n) is 2.83. The summed E-state index contributed by atoms with van der Waals surface area (Å²) in [4.78, 5) is 13.2. The van der Waals surface area contributed by atoms with Crippen LogP contribution in [0.3, 0.4) is 0 Å². The first-order chi connectivity index (χ1) is 9.58. The quantitative estimate of drug-likeness (QED) is 0.871. The van der Waals surface area contributed by atoms with Gasteiger partial charge in [0.15, 0.2) is 6.61 Å². The third kappa shape index (κ3) is 3.26. The molecule has 0 saturated carbocycles. The van der Waals surface area contributed by atoms with Crippen LogP contribution in [0.5, 0.6) is 5.75 Å². The van der Waals surface area contributed by atoms with Crippen molar-refractivity contribution in [1.82, 2.24) is 0 Å². The molecule has 0 aliphatic heterocycles. The number of likely N-dealkylation sites (N-methyl/N-ethyl adjacent to an activating group) is 1. The fourth-order valence-corrected chi connectivity index (χ4v) is 1.66. The summed E-state index contributed by atoms with van der Waals surface area (Å²) >= 11 is 0. The summed E-state index contributed by atoms with van der Waals surface area (Å²) in [6, 6.07) is 12.8. The van der Waals surface area contributed by atoms with Gasteiger partial charge in [0.25, 0.3) is 5.91 Å². The van der Waals surface area contributed by atoms with Gasteiger partial charge < -0.3 is 15.4 Å². The largest absolute Gasteiger partial charge is 0.484 e. The molecule has 2 N–H and O–H groups in total. The molecule has 0 bridgehead atoms. The van der Waals surface area contributed by atoms with E-state index in [0.717, 1.165) is 0 Å². The Kier molecular flexibility index (Phi) is 4.20. The summed E-state index contributed by atoms with van der Waals surface area (Å²) < 4.78 is 18.9. The number of para-hydroxylation sites is 1. The van der Waals surface area contributed by atoms with E-state index in [1.54, 1.807) is 36.4 Å². The Morgan fingerprint density at radius 1 is 1.20 bits per heavy atom. The monoisotopic (exact) mass is 274 g/mol. The first-order valence-electron chi connectivity index (χ1n) is 6.07. The molecular weight excluding hydrogens is 259 g/mol. The summed E-state index contributed by atoms with van der Waals surface area (Å²) in [5.74, 6) is -0.253. The molecule has 0 fully saturated rings. The van der Waals surface area contributed by atoms with Crippen LogP contribution < -0.4 is 15.4 Å². The first kappa shape index (κ1) is 13.9. The van der Waals surface area contributed by atoms with Crippen LogP contribution in [-0.4, -0.2) is 19.6 Å². The molecule has 2 rings (SSSR count). The molecule has 20 heavy (non-hydrogen) atoms. The van der Waals surface area contributed by atoms with Crippen LogP contribution in [0.2, 0.25) is 0 Å². The molecule has 2 aromatic rings. The lowest BCUT2D eigenvalue weighted by Gasteiger charge is -2.18. The Hall–Kier alpha value is -2.56. The van der Waals surface area contributed by atoms with Gasteiger partial charge in [-0.05, 0) is 36.4 Å². The second-order valence-electron chi connectivity index (χ2n) is 4.26. The number of benzene rings is 2. The molecule has 0 saturated heterocycles. The second-order valence-corrected chi connectivity index (χ2v) is 4.26. The number of hydrogen-bond acceptors (Lipinski definition) is 3. The van der Waals surface area contributed by atoms with E-state index in [9.17, 15) is 9.18 Å². The highest BCUT2D eigenvalue weighted by molar-refractivity contribution is 5.94. The Morgan fingerprint density at radius 3 is 2.50 bits per heavy atom. The Labute approximate surface area is 116 Å². The standard InChI is InChI=1S/C15H15FN2O2/c1-18(14-5-3-2-4-13(14)16)15(19)10-20-12-8-6-11(17)7-9-12/h2-9H,10,17H2,1H3. The van der Waals surface area contributed by atoms with Gasteiger partial charge >= 0.3 is 0 Å². The van der Waals surface area contributed by atoms with Gasteiger partial charge in [-0.15, -0.1) is 0 Å². The molecular formula is C15H15FN2O2. The van der Waals surface area contributed by atoms with Gasteiger partial charge in [-0.2, -0.15) is 0 Å². The number of rotatable bonds is 4. The van der Waals surface area contributed by atoms with E-state index in [1.807, 2.05) is 0 Å². The van der Waals surface area contributed by atoms with Crippen molar-refractivity contribution in [2.45, 2.75) is 0 Å². The van der Waals surface area contributed by atoms with Gasteiger partial charge in [0.2, 0.25) is 0 Å². The summed E-state index contributed by atoms with van der Waals surface area (Å²) in [5, 5.41) is 0. The SMILES string of the molecule is CN(C(=O)COc1ccc(N)cc1)c1ccccc1F. The van der Waals surface area contributed by atoms with E-state index >= 15 is 0 Å². The van der Waals surface area contributed by atoms with Crippen LogP contribution in [0.1, 0.15) is 0 Å². The highest BCUT2D eigenvalue weighted by atomic mass is 19.1. The van der Waals surface area contributed by atoms with Crippen molar-refractivity contribution in [2.75, 3.05) is 24.3 Å². The number of nitrogen functional groups attached to an aromatic ring is 1. The highest BCUT2D eigenvalue weighted by Crippen LogP contribution is 2.18. The smallest absolute Gasteiger partial charge is 0.264 e. The van der Waals surface area contributed by atoms with Crippen molar-refractivity contribution in [3.05, 3.63) is 54.3 Å². The first-order valence-corrected chi connectivity index (χ1v) is 6.07. The zero-order valence-electron chi connectivity index (χ0n) is 11.0.